The van der Waals surface area contributed by atoms with Crippen molar-refractivity contribution in [3.05, 3.63) is 52.7 Å². The van der Waals surface area contributed by atoms with Crippen LogP contribution in [-0.2, 0) is 0 Å². The predicted molar refractivity (Wildman–Crippen MR) is 83.8 cm³/mol. The SMILES string of the molecule is CCCOc1c(-c2ccccc2)oc2ccc3c(c2c1=O)O3. The van der Waals surface area contributed by atoms with Crippen molar-refractivity contribution < 1.29 is 13.9 Å². The van der Waals surface area contributed by atoms with Crippen LogP contribution in [-0.4, -0.2) is 6.61 Å². The first-order chi connectivity index (χ1) is 10.8. The first-order valence-corrected chi connectivity index (χ1v) is 7.29. The third-order valence-electron chi connectivity index (χ3n) is 3.59. The molecule has 0 bridgehead atoms. The number of ether oxygens (including phenoxy) is 2. The van der Waals surface area contributed by atoms with Crippen molar-refractivity contribution in [2.75, 3.05) is 6.61 Å². The molecule has 0 saturated carbocycles. The van der Waals surface area contributed by atoms with Crippen LogP contribution in [0.2, 0.25) is 0 Å². The fourth-order valence-electron chi connectivity index (χ4n) is 2.50. The molecule has 1 aromatic heterocycles. The zero-order valence-corrected chi connectivity index (χ0v) is 12.1. The molecule has 0 N–H and O–H groups in total. The van der Waals surface area contributed by atoms with E-state index in [2.05, 4.69) is 0 Å². The van der Waals surface area contributed by atoms with E-state index in [9.17, 15) is 4.79 Å². The maximum absolute atomic E-state index is 12.8. The van der Waals surface area contributed by atoms with Crippen molar-refractivity contribution in [3.63, 3.8) is 0 Å². The molecule has 0 aliphatic carbocycles. The molecule has 1 aliphatic heterocycles. The summed E-state index contributed by atoms with van der Waals surface area (Å²) in [5, 5.41) is 0.461. The van der Waals surface area contributed by atoms with Gasteiger partial charge in [-0.1, -0.05) is 37.3 Å². The number of hydrogen-bond acceptors (Lipinski definition) is 4. The Morgan fingerprint density at radius 1 is 1.09 bits per heavy atom. The van der Waals surface area contributed by atoms with E-state index in [0.717, 1.165) is 17.7 Å². The maximum atomic E-state index is 12.8. The fraction of sp³-hybridized carbons (Fsp3) is 0.167. The summed E-state index contributed by atoms with van der Waals surface area (Å²) in [6, 6.07) is 13.1. The smallest absolute Gasteiger partial charge is 0.239 e. The van der Waals surface area contributed by atoms with Crippen LogP contribution in [0.15, 0.2) is 51.7 Å². The zero-order chi connectivity index (χ0) is 15.1. The number of rotatable bonds is 4. The molecular weight excluding hydrogens is 280 g/mol. The summed E-state index contributed by atoms with van der Waals surface area (Å²) in [4.78, 5) is 12.8. The Kier molecular flexibility index (Phi) is 2.89. The fourth-order valence-corrected chi connectivity index (χ4v) is 2.50. The summed E-state index contributed by atoms with van der Waals surface area (Å²) in [6.45, 7) is 2.46. The monoisotopic (exact) mass is 294 g/mol. The first kappa shape index (κ1) is 13.0. The van der Waals surface area contributed by atoms with Crippen LogP contribution in [0.1, 0.15) is 13.3 Å². The minimum Gasteiger partial charge on any atom is -0.486 e. The summed E-state index contributed by atoms with van der Waals surface area (Å²) in [6.07, 6.45) is 0.815. The summed E-state index contributed by atoms with van der Waals surface area (Å²) in [5.74, 6) is 2.05. The quantitative estimate of drug-likeness (QED) is 0.525. The minimum absolute atomic E-state index is 0.178. The Hall–Kier alpha value is -2.75. The van der Waals surface area contributed by atoms with Gasteiger partial charge in [-0.05, 0) is 18.6 Å². The average Bonchev–Trinajstić information content (AvgIpc) is 3.34. The van der Waals surface area contributed by atoms with E-state index in [1.54, 1.807) is 6.07 Å². The summed E-state index contributed by atoms with van der Waals surface area (Å²) < 4.78 is 17.0. The van der Waals surface area contributed by atoms with Gasteiger partial charge in [0.2, 0.25) is 11.2 Å². The molecule has 0 saturated heterocycles. The molecule has 4 nitrogen and oxygen atoms in total. The van der Waals surface area contributed by atoms with Crippen molar-refractivity contribution in [2.24, 2.45) is 0 Å². The molecule has 0 radical (unpaired) electrons. The van der Waals surface area contributed by atoms with E-state index in [1.807, 2.05) is 43.3 Å². The highest BCUT2D eigenvalue weighted by molar-refractivity contribution is 5.93. The predicted octanol–water partition coefficient (Wildman–Crippen LogP) is 4.35. The Morgan fingerprint density at radius 3 is 2.68 bits per heavy atom. The van der Waals surface area contributed by atoms with Gasteiger partial charge in [-0.15, -0.1) is 0 Å². The van der Waals surface area contributed by atoms with Crippen LogP contribution in [0.3, 0.4) is 0 Å². The van der Waals surface area contributed by atoms with Crippen LogP contribution in [0, 0.1) is 0 Å². The Labute approximate surface area is 126 Å². The van der Waals surface area contributed by atoms with Gasteiger partial charge in [0.1, 0.15) is 11.0 Å². The van der Waals surface area contributed by atoms with Gasteiger partial charge in [0.25, 0.3) is 0 Å². The number of fused-ring (bicyclic) bond motifs is 3. The molecule has 2 heterocycles. The van der Waals surface area contributed by atoms with Gasteiger partial charge < -0.3 is 13.9 Å². The van der Waals surface area contributed by atoms with Gasteiger partial charge >= 0.3 is 0 Å². The topological polar surface area (TPSA) is 52.0 Å². The second-order valence-corrected chi connectivity index (χ2v) is 5.17. The first-order valence-electron chi connectivity index (χ1n) is 7.29. The molecule has 0 atom stereocenters. The summed E-state index contributed by atoms with van der Waals surface area (Å²) >= 11 is 0. The normalized spacial score (nSPS) is 11.9. The molecule has 4 rings (SSSR count). The minimum atomic E-state index is -0.178. The van der Waals surface area contributed by atoms with Crippen LogP contribution in [0.5, 0.6) is 17.2 Å². The van der Waals surface area contributed by atoms with Gasteiger partial charge in [0, 0.05) is 5.56 Å². The summed E-state index contributed by atoms with van der Waals surface area (Å²) in [5.41, 5.74) is 1.16. The highest BCUT2D eigenvalue weighted by atomic mass is 16.6. The lowest BCUT2D eigenvalue weighted by molar-refractivity contribution is 0.309. The number of hydrogen-bond donors (Lipinski definition) is 0. The van der Waals surface area contributed by atoms with E-state index in [0.29, 0.717) is 29.1 Å². The average molecular weight is 294 g/mol. The van der Waals surface area contributed by atoms with Crippen molar-refractivity contribution in [3.8, 4) is 28.6 Å². The van der Waals surface area contributed by atoms with E-state index in [1.165, 1.54) is 0 Å². The van der Waals surface area contributed by atoms with Crippen molar-refractivity contribution in [1.29, 1.82) is 0 Å². The molecule has 0 spiro atoms. The van der Waals surface area contributed by atoms with E-state index < -0.39 is 0 Å². The standard InChI is InChI=1S/C18H14O4/c1-2-10-20-18-15(19)14-12(8-9-13-17(14)22-13)21-16(18)11-6-4-3-5-7-11/h3-9H,2,10H2,1H3. The van der Waals surface area contributed by atoms with Gasteiger partial charge in [0.05, 0.1) is 6.61 Å². The van der Waals surface area contributed by atoms with Gasteiger partial charge in [-0.2, -0.15) is 0 Å². The molecule has 0 unspecified atom stereocenters. The molecule has 0 amide bonds. The van der Waals surface area contributed by atoms with Gasteiger partial charge in [-0.25, -0.2) is 0 Å². The highest BCUT2D eigenvalue weighted by Gasteiger charge is 2.29. The number of benzene rings is 2. The molecule has 3 aromatic rings. The Bertz CT molecular complexity index is 910. The van der Waals surface area contributed by atoms with E-state index in [-0.39, 0.29) is 11.2 Å². The van der Waals surface area contributed by atoms with Crippen molar-refractivity contribution >= 4 is 11.0 Å². The van der Waals surface area contributed by atoms with Gasteiger partial charge in [0.15, 0.2) is 17.3 Å². The van der Waals surface area contributed by atoms with Crippen LogP contribution in [0.4, 0.5) is 0 Å². The van der Waals surface area contributed by atoms with E-state index >= 15 is 0 Å². The lowest BCUT2D eigenvalue weighted by atomic mass is 10.1. The molecule has 22 heavy (non-hydrogen) atoms. The lowest BCUT2D eigenvalue weighted by Crippen LogP contribution is -2.10. The van der Waals surface area contributed by atoms with Crippen molar-refractivity contribution in [1.82, 2.24) is 0 Å². The molecular formula is C18H14O4. The largest absolute Gasteiger partial charge is 0.486 e. The molecule has 2 aromatic carbocycles. The molecule has 4 heteroatoms. The molecule has 1 aliphatic rings. The van der Waals surface area contributed by atoms with Crippen molar-refractivity contribution in [2.45, 2.75) is 13.3 Å². The van der Waals surface area contributed by atoms with Gasteiger partial charge in [-0.3, -0.25) is 4.79 Å². The zero-order valence-electron chi connectivity index (χ0n) is 12.1. The Morgan fingerprint density at radius 2 is 1.91 bits per heavy atom. The lowest BCUT2D eigenvalue weighted by Gasteiger charge is -2.10. The van der Waals surface area contributed by atoms with Crippen LogP contribution < -0.4 is 14.9 Å². The maximum Gasteiger partial charge on any atom is 0.239 e. The highest BCUT2D eigenvalue weighted by Crippen LogP contribution is 2.50. The van der Waals surface area contributed by atoms with Crippen LogP contribution >= 0.6 is 0 Å². The van der Waals surface area contributed by atoms with E-state index in [4.69, 9.17) is 13.9 Å². The Balaban J connectivity index is 2.00. The second kappa shape index (κ2) is 4.91. The second-order valence-electron chi connectivity index (χ2n) is 5.17. The third kappa shape index (κ3) is 1.96. The molecule has 0 fully saturated rings. The summed E-state index contributed by atoms with van der Waals surface area (Å²) in [7, 11) is 0. The van der Waals surface area contributed by atoms with Crippen LogP contribution in [0.25, 0.3) is 22.3 Å². The molecule has 110 valence electrons. The third-order valence-corrected chi connectivity index (χ3v) is 3.59.